The van der Waals surface area contributed by atoms with Crippen molar-refractivity contribution in [1.29, 1.82) is 0 Å². The standard InChI is InChI=1S/C29H21N/c1-3-10-22(11-4-1)17-19-26-24-14-7-8-15-25(24)28(29-27(26)16-9-21-30-29)20-18-23-12-5-2-6-13-23/h1-21H/b19-17+,20-18+. The minimum absolute atomic E-state index is 1.02. The average Bonchev–Trinajstić information content (AvgIpc) is 2.82. The molecule has 30 heavy (non-hydrogen) atoms. The zero-order valence-corrected chi connectivity index (χ0v) is 16.6. The third-order valence-corrected chi connectivity index (χ3v) is 5.34. The van der Waals surface area contributed by atoms with E-state index >= 15 is 0 Å². The maximum atomic E-state index is 4.77. The van der Waals surface area contributed by atoms with Crippen molar-refractivity contribution in [2.75, 3.05) is 0 Å². The number of benzene rings is 4. The first kappa shape index (κ1) is 18.1. The Hall–Kier alpha value is -3.97. The van der Waals surface area contributed by atoms with Gasteiger partial charge in [-0.2, -0.15) is 0 Å². The van der Waals surface area contributed by atoms with Gasteiger partial charge in [0, 0.05) is 17.1 Å². The minimum atomic E-state index is 1.02. The second-order valence-electron chi connectivity index (χ2n) is 7.26. The lowest BCUT2D eigenvalue weighted by Crippen LogP contribution is -1.90. The Kier molecular flexibility index (Phi) is 4.93. The van der Waals surface area contributed by atoms with Crippen LogP contribution >= 0.6 is 0 Å². The molecule has 0 unspecified atom stereocenters. The van der Waals surface area contributed by atoms with Gasteiger partial charge >= 0.3 is 0 Å². The van der Waals surface area contributed by atoms with Gasteiger partial charge in [-0.1, -0.05) is 115 Å². The number of fused-ring (bicyclic) bond motifs is 2. The smallest absolute Gasteiger partial charge is 0.0786 e. The van der Waals surface area contributed by atoms with E-state index in [9.17, 15) is 0 Å². The molecule has 1 nitrogen and oxygen atoms in total. The number of hydrogen-bond acceptors (Lipinski definition) is 1. The fourth-order valence-electron chi connectivity index (χ4n) is 3.90. The molecule has 5 aromatic rings. The molecule has 0 radical (unpaired) electrons. The first-order valence-corrected chi connectivity index (χ1v) is 10.2. The molecule has 5 rings (SSSR count). The monoisotopic (exact) mass is 383 g/mol. The summed E-state index contributed by atoms with van der Waals surface area (Å²) in [4.78, 5) is 4.77. The lowest BCUT2D eigenvalue weighted by molar-refractivity contribution is 1.41. The maximum absolute atomic E-state index is 4.77. The zero-order chi connectivity index (χ0) is 20.2. The molecule has 0 saturated carbocycles. The van der Waals surface area contributed by atoms with Crippen molar-refractivity contribution in [3.8, 4) is 0 Å². The molecule has 0 spiro atoms. The number of nitrogens with zero attached hydrogens (tertiary/aromatic N) is 1. The number of pyridine rings is 1. The quantitative estimate of drug-likeness (QED) is 0.228. The van der Waals surface area contributed by atoms with E-state index in [1.165, 1.54) is 27.5 Å². The molecule has 0 saturated heterocycles. The van der Waals surface area contributed by atoms with E-state index in [4.69, 9.17) is 4.98 Å². The maximum Gasteiger partial charge on any atom is 0.0786 e. The predicted octanol–water partition coefficient (Wildman–Crippen LogP) is 7.73. The van der Waals surface area contributed by atoms with E-state index in [-0.39, 0.29) is 0 Å². The van der Waals surface area contributed by atoms with E-state index in [0.29, 0.717) is 0 Å². The third kappa shape index (κ3) is 3.54. The van der Waals surface area contributed by atoms with E-state index in [1.54, 1.807) is 0 Å². The van der Waals surface area contributed by atoms with Crippen molar-refractivity contribution in [3.63, 3.8) is 0 Å². The predicted molar refractivity (Wildman–Crippen MR) is 130 cm³/mol. The molecular weight excluding hydrogens is 362 g/mol. The van der Waals surface area contributed by atoms with Crippen LogP contribution in [0.4, 0.5) is 0 Å². The van der Waals surface area contributed by atoms with E-state index < -0.39 is 0 Å². The second kappa shape index (κ2) is 8.18. The largest absolute Gasteiger partial charge is 0.256 e. The first-order valence-electron chi connectivity index (χ1n) is 10.2. The van der Waals surface area contributed by atoms with Crippen molar-refractivity contribution in [2.24, 2.45) is 0 Å². The van der Waals surface area contributed by atoms with Crippen LogP contribution in [0, 0.1) is 0 Å². The number of rotatable bonds is 4. The summed E-state index contributed by atoms with van der Waals surface area (Å²) in [6.07, 6.45) is 10.6. The summed E-state index contributed by atoms with van der Waals surface area (Å²) in [5, 5.41) is 3.61. The summed E-state index contributed by atoms with van der Waals surface area (Å²) in [6, 6.07) is 33.6. The van der Waals surface area contributed by atoms with Gasteiger partial charge in [-0.25, -0.2) is 0 Å². The molecule has 0 aliphatic carbocycles. The fraction of sp³-hybridized carbons (Fsp3) is 0. The molecular formula is C29H21N. The molecule has 0 atom stereocenters. The van der Waals surface area contributed by atoms with Crippen LogP contribution in [0.3, 0.4) is 0 Å². The molecule has 0 bridgehead atoms. The molecule has 0 aliphatic rings. The van der Waals surface area contributed by atoms with E-state index in [2.05, 4.69) is 103 Å². The molecule has 142 valence electrons. The van der Waals surface area contributed by atoms with Crippen LogP contribution in [0.2, 0.25) is 0 Å². The van der Waals surface area contributed by atoms with Gasteiger partial charge in [0.1, 0.15) is 0 Å². The molecule has 1 heteroatoms. The minimum Gasteiger partial charge on any atom is -0.256 e. The van der Waals surface area contributed by atoms with Crippen LogP contribution in [-0.4, -0.2) is 4.98 Å². The molecule has 4 aromatic carbocycles. The molecule has 1 aromatic heterocycles. The normalized spacial score (nSPS) is 11.7. The Morgan fingerprint density at radius 2 is 0.933 bits per heavy atom. The van der Waals surface area contributed by atoms with Gasteiger partial charge in [-0.3, -0.25) is 4.98 Å². The molecule has 0 aliphatic heterocycles. The van der Waals surface area contributed by atoms with Gasteiger partial charge in [-0.05, 0) is 33.5 Å². The highest BCUT2D eigenvalue weighted by atomic mass is 14.6. The first-order chi connectivity index (χ1) is 14.9. The van der Waals surface area contributed by atoms with E-state index in [1.807, 2.05) is 24.4 Å². The van der Waals surface area contributed by atoms with Gasteiger partial charge in [0.2, 0.25) is 0 Å². The summed E-state index contributed by atoms with van der Waals surface area (Å²) in [5.41, 5.74) is 5.75. The van der Waals surface area contributed by atoms with Crippen LogP contribution in [0.25, 0.3) is 46.0 Å². The van der Waals surface area contributed by atoms with Crippen LogP contribution < -0.4 is 0 Å². The van der Waals surface area contributed by atoms with Crippen molar-refractivity contribution < 1.29 is 0 Å². The van der Waals surface area contributed by atoms with Crippen LogP contribution in [0.1, 0.15) is 22.3 Å². The van der Waals surface area contributed by atoms with Crippen molar-refractivity contribution in [1.82, 2.24) is 4.98 Å². The molecule has 0 fully saturated rings. The molecule has 1 heterocycles. The van der Waals surface area contributed by atoms with E-state index in [0.717, 1.165) is 16.5 Å². The van der Waals surface area contributed by atoms with Crippen LogP contribution in [0.15, 0.2) is 103 Å². The summed E-state index contributed by atoms with van der Waals surface area (Å²) in [7, 11) is 0. The highest BCUT2D eigenvalue weighted by Gasteiger charge is 2.11. The van der Waals surface area contributed by atoms with Gasteiger partial charge in [0.05, 0.1) is 5.52 Å². The Balaban J connectivity index is 1.74. The Morgan fingerprint density at radius 3 is 1.57 bits per heavy atom. The lowest BCUT2D eigenvalue weighted by Gasteiger charge is -2.12. The zero-order valence-electron chi connectivity index (χ0n) is 16.6. The van der Waals surface area contributed by atoms with Gasteiger partial charge < -0.3 is 0 Å². The summed E-state index contributed by atoms with van der Waals surface area (Å²) < 4.78 is 0. The summed E-state index contributed by atoms with van der Waals surface area (Å²) in [5.74, 6) is 0. The topological polar surface area (TPSA) is 12.9 Å². The van der Waals surface area contributed by atoms with Gasteiger partial charge in [0.15, 0.2) is 0 Å². The van der Waals surface area contributed by atoms with Crippen LogP contribution in [0.5, 0.6) is 0 Å². The van der Waals surface area contributed by atoms with Gasteiger partial charge in [-0.15, -0.1) is 0 Å². The number of aromatic nitrogens is 1. The average molecular weight is 383 g/mol. The summed E-state index contributed by atoms with van der Waals surface area (Å²) in [6.45, 7) is 0. The highest BCUT2D eigenvalue weighted by Crippen LogP contribution is 2.34. The lowest BCUT2D eigenvalue weighted by atomic mass is 9.93. The highest BCUT2D eigenvalue weighted by molar-refractivity contribution is 6.13. The van der Waals surface area contributed by atoms with Crippen LogP contribution in [-0.2, 0) is 0 Å². The van der Waals surface area contributed by atoms with Crippen molar-refractivity contribution >= 4 is 46.0 Å². The third-order valence-electron chi connectivity index (χ3n) is 5.34. The molecule has 0 amide bonds. The second-order valence-corrected chi connectivity index (χ2v) is 7.26. The van der Waals surface area contributed by atoms with Crippen molar-refractivity contribution in [3.05, 3.63) is 126 Å². The Morgan fingerprint density at radius 1 is 0.433 bits per heavy atom. The Bertz CT molecular complexity index is 1200. The van der Waals surface area contributed by atoms with Gasteiger partial charge in [0.25, 0.3) is 0 Å². The number of hydrogen-bond donors (Lipinski definition) is 0. The molecule has 0 N–H and O–H groups in total. The SMILES string of the molecule is C(=C\c1c2ccccc2c(/C=C/c2ccccc2)c2ncccc12)/c1ccccc1. The fourth-order valence-corrected chi connectivity index (χ4v) is 3.90. The van der Waals surface area contributed by atoms with Crippen molar-refractivity contribution in [2.45, 2.75) is 0 Å². The summed E-state index contributed by atoms with van der Waals surface area (Å²) >= 11 is 0. The Labute approximate surface area is 176 Å².